The van der Waals surface area contributed by atoms with Gasteiger partial charge in [0, 0.05) is 38.3 Å². The van der Waals surface area contributed by atoms with Crippen LogP contribution in [0, 0.1) is 5.92 Å². The Morgan fingerprint density at radius 2 is 0.966 bits per heavy atom. The smallest absolute Gasteiger partial charge is 0.305 e. The van der Waals surface area contributed by atoms with Crippen molar-refractivity contribution in [2.24, 2.45) is 5.92 Å². The molecule has 1 aromatic heterocycles. The third-order valence-corrected chi connectivity index (χ3v) is 12.2. The number of esters is 2. The molecule has 0 aliphatic rings. The van der Waals surface area contributed by atoms with Gasteiger partial charge in [0.05, 0.1) is 19.3 Å². The Kier molecular flexibility index (Phi) is 39.9. The van der Waals surface area contributed by atoms with Crippen LogP contribution < -0.4 is 0 Å². The molecule has 346 valence electrons. The quantitative estimate of drug-likeness (QED) is 0.0516. The number of hydrogen-bond donors (Lipinski definition) is 1. The predicted octanol–water partition coefficient (Wildman–Crippen LogP) is 14.0. The van der Waals surface area contributed by atoms with Crippen molar-refractivity contribution in [3.63, 3.8) is 0 Å². The van der Waals surface area contributed by atoms with E-state index in [9.17, 15) is 14.7 Å². The van der Waals surface area contributed by atoms with E-state index in [1.165, 1.54) is 141 Å². The second-order valence-electron chi connectivity index (χ2n) is 18.0. The van der Waals surface area contributed by atoms with E-state index >= 15 is 0 Å². The summed E-state index contributed by atoms with van der Waals surface area (Å²) in [6.07, 6.45) is 45.5. The molecule has 8 heteroatoms. The molecule has 0 radical (unpaired) electrons. The molecule has 0 bridgehead atoms. The van der Waals surface area contributed by atoms with Crippen molar-refractivity contribution >= 4 is 11.9 Å². The minimum Gasteiger partial charge on any atom is -0.466 e. The maximum Gasteiger partial charge on any atom is 0.305 e. The number of aliphatic hydroxyl groups excluding tert-OH is 1. The van der Waals surface area contributed by atoms with Crippen molar-refractivity contribution in [3.05, 3.63) is 18.5 Å². The fraction of sp³-hybridized carbons (Fsp3) is 0.902. The zero-order chi connectivity index (χ0) is 42.7. The van der Waals surface area contributed by atoms with Gasteiger partial charge >= 0.3 is 11.9 Å². The molecule has 2 atom stereocenters. The van der Waals surface area contributed by atoms with Crippen LogP contribution in [0.4, 0.5) is 0 Å². The van der Waals surface area contributed by atoms with E-state index in [1.54, 1.807) is 0 Å². The minimum atomic E-state index is -0.375. The van der Waals surface area contributed by atoms with Crippen LogP contribution in [0.15, 0.2) is 18.5 Å². The lowest BCUT2D eigenvalue weighted by atomic mass is 9.91. The van der Waals surface area contributed by atoms with Gasteiger partial charge in [-0.2, -0.15) is 5.10 Å². The van der Waals surface area contributed by atoms with Gasteiger partial charge in [-0.3, -0.25) is 14.3 Å². The van der Waals surface area contributed by atoms with E-state index in [1.807, 2.05) is 23.1 Å². The van der Waals surface area contributed by atoms with Crippen LogP contribution in [0.2, 0.25) is 0 Å². The number of unbranched alkanes of at least 4 members (excludes halogenated alkanes) is 27. The number of hydrogen-bond acceptors (Lipinski definition) is 7. The highest BCUT2D eigenvalue weighted by molar-refractivity contribution is 5.69. The summed E-state index contributed by atoms with van der Waals surface area (Å²) in [5, 5.41) is 15.6. The van der Waals surface area contributed by atoms with Gasteiger partial charge in [0.15, 0.2) is 0 Å². The Morgan fingerprint density at radius 1 is 0.559 bits per heavy atom. The third kappa shape index (κ3) is 37.6. The van der Waals surface area contributed by atoms with E-state index in [0.29, 0.717) is 26.1 Å². The van der Waals surface area contributed by atoms with Crippen molar-refractivity contribution in [2.75, 3.05) is 33.4 Å². The zero-order valence-electron chi connectivity index (χ0n) is 39.3. The first-order chi connectivity index (χ1) is 29.0. The van der Waals surface area contributed by atoms with E-state index in [2.05, 4.69) is 30.9 Å². The third-order valence-electron chi connectivity index (χ3n) is 12.2. The zero-order valence-corrected chi connectivity index (χ0v) is 39.3. The maximum absolute atomic E-state index is 12.3. The summed E-state index contributed by atoms with van der Waals surface area (Å²) in [6.45, 7) is 8.18. The standard InChI is InChI=1S/C51H97N3O5/c1-4-6-8-10-12-14-16-18-20-22-24-26-30-39-50(56)58-45-33-28-29-38-49(55)48(47-53(3)42-36-44-54-43-35-41-52-54)37-32-34-46-59-51(57)40-31-27-25-23-21-19-17-15-13-11-9-7-5-2/h35,41,43,48-49,55H,4-34,36-40,42,44-47H2,1-3H3. The Balaban J connectivity index is 2.18. The number of aliphatic hydroxyl groups is 1. The topological polar surface area (TPSA) is 93.9 Å². The first kappa shape index (κ1) is 55.1. The maximum atomic E-state index is 12.3. The van der Waals surface area contributed by atoms with Crippen LogP contribution in [-0.4, -0.2) is 71.2 Å². The highest BCUT2D eigenvalue weighted by Crippen LogP contribution is 2.21. The summed E-state index contributed by atoms with van der Waals surface area (Å²) in [5.41, 5.74) is 0. The van der Waals surface area contributed by atoms with Crippen LogP contribution >= 0.6 is 0 Å². The van der Waals surface area contributed by atoms with Crippen LogP contribution in [0.1, 0.15) is 245 Å². The number of ether oxygens (including phenoxy) is 2. The number of nitrogens with zero attached hydrogens (tertiary/aromatic N) is 3. The van der Waals surface area contributed by atoms with Crippen molar-refractivity contribution in [1.82, 2.24) is 14.7 Å². The van der Waals surface area contributed by atoms with E-state index < -0.39 is 0 Å². The summed E-state index contributed by atoms with van der Waals surface area (Å²) in [6, 6.07) is 1.96. The number of carbonyl (C=O) groups excluding carboxylic acids is 2. The van der Waals surface area contributed by atoms with Crippen molar-refractivity contribution in [1.29, 1.82) is 0 Å². The highest BCUT2D eigenvalue weighted by Gasteiger charge is 2.21. The van der Waals surface area contributed by atoms with Gasteiger partial charge in [-0.05, 0) is 83.4 Å². The lowest BCUT2D eigenvalue weighted by Gasteiger charge is -2.28. The average Bonchev–Trinajstić information content (AvgIpc) is 3.75. The average molecular weight is 832 g/mol. The van der Waals surface area contributed by atoms with Gasteiger partial charge < -0.3 is 19.5 Å². The molecular formula is C51H97N3O5. The molecule has 2 unspecified atom stereocenters. The molecule has 1 aromatic rings. The Labute approximate surface area is 365 Å². The molecular weight excluding hydrogens is 735 g/mol. The Hall–Kier alpha value is -1.93. The Bertz CT molecular complexity index is 1020. The summed E-state index contributed by atoms with van der Waals surface area (Å²) in [4.78, 5) is 26.9. The number of carbonyl (C=O) groups is 2. The second kappa shape index (κ2) is 42.7. The monoisotopic (exact) mass is 832 g/mol. The molecule has 1 rings (SSSR count). The molecule has 0 saturated carbocycles. The lowest BCUT2D eigenvalue weighted by molar-refractivity contribution is -0.144. The molecule has 0 aliphatic carbocycles. The molecule has 8 nitrogen and oxygen atoms in total. The lowest BCUT2D eigenvalue weighted by Crippen LogP contribution is -2.34. The SMILES string of the molecule is CCCCCCCCCCCCCCCC(=O)OCCCCCC(O)C(CCCCOC(=O)CCCCCCCCCCCCCCC)CN(C)CCCn1cccn1. The molecule has 0 spiro atoms. The summed E-state index contributed by atoms with van der Waals surface area (Å²) < 4.78 is 13.1. The van der Waals surface area contributed by atoms with Gasteiger partial charge in [0.25, 0.3) is 0 Å². The number of rotatable bonds is 46. The van der Waals surface area contributed by atoms with Crippen molar-refractivity contribution in [3.8, 4) is 0 Å². The van der Waals surface area contributed by atoms with Crippen molar-refractivity contribution in [2.45, 2.75) is 258 Å². The van der Waals surface area contributed by atoms with Crippen molar-refractivity contribution < 1.29 is 24.2 Å². The summed E-state index contributed by atoms with van der Waals surface area (Å²) in [7, 11) is 2.15. The molecule has 0 aliphatic heterocycles. The van der Waals surface area contributed by atoms with Crippen LogP contribution in [0.3, 0.4) is 0 Å². The summed E-state index contributed by atoms with van der Waals surface area (Å²) >= 11 is 0. The van der Waals surface area contributed by atoms with Gasteiger partial charge in [0.2, 0.25) is 0 Å². The van der Waals surface area contributed by atoms with Gasteiger partial charge in [-0.1, -0.05) is 174 Å². The molecule has 1 N–H and O–H groups in total. The normalized spacial score (nSPS) is 12.6. The van der Waals surface area contributed by atoms with Gasteiger partial charge in [0.1, 0.15) is 0 Å². The fourth-order valence-corrected chi connectivity index (χ4v) is 8.30. The Morgan fingerprint density at radius 3 is 1.41 bits per heavy atom. The molecule has 0 fully saturated rings. The molecule has 0 amide bonds. The van der Waals surface area contributed by atoms with E-state index in [4.69, 9.17) is 9.47 Å². The predicted molar refractivity (Wildman–Crippen MR) is 249 cm³/mol. The first-order valence-corrected chi connectivity index (χ1v) is 25.6. The van der Waals surface area contributed by atoms with Crippen LogP contribution in [0.25, 0.3) is 0 Å². The van der Waals surface area contributed by atoms with Crippen LogP contribution in [0.5, 0.6) is 0 Å². The van der Waals surface area contributed by atoms with Gasteiger partial charge in [-0.15, -0.1) is 0 Å². The number of aromatic nitrogens is 2. The second-order valence-corrected chi connectivity index (χ2v) is 18.0. The van der Waals surface area contributed by atoms with E-state index in [-0.39, 0.29) is 24.0 Å². The van der Waals surface area contributed by atoms with E-state index in [0.717, 1.165) is 96.7 Å². The van der Waals surface area contributed by atoms with Gasteiger partial charge in [-0.25, -0.2) is 0 Å². The minimum absolute atomic E-state index is 0.0611. The molecule has 1 heterocycles. The fourth-order valence-electron chi connectivity index (χ4n) is 8.30. The first-order valence-electron chi connectivity index (χ1n) is 25.6. The number of aryl methyl sites for hydroxylation is 1. The highest BCUT2D eigenvalue weighted by atomic mass is 16.5. The molecule has 0 aromatic carbocycles. The van der Waals surface area contributed by atoms with Crippen LogP contribution in [-0.2, 0) is 25.6 Å². The molecule has 59 heavy (non-hydrogen) atoms. The largest absolute Gasteiger partial charge is 0.466 e. The molecule has 0 saturated heterocycles. The summed E-state index contributed by atoms with van der Waals surface area (Å²) in [5.74, 6) is 0.0465.